The Kier molecular flexibility index (Phi) is 5.56. The standard InChI is InChI=1S/C21H24N2O3/c1-3-21(25)23-10-9-16-7-8-18(12-17(16)13-23)22-20(24)14-26-19-6-4-5-15(2)11-19/h4-8,11-12H,3,9-10,13-14H2,1-2H3,(H,22,24). The number of ether oxygens (including phenoxy) is 1. The van der Waals surface area contributed by atoms with Crippen LogP contribution >= 0.6 is 0 Å². The highest BCUT2D eigenvalue weighted by atomic mass is 16.5. The minimum Gasteiger partial charge on any atom is -0.484 e. The lowest BCUT2D eigenvalue weighted by Gasteiger charge is -2.29. The summed E-state index contributed by atoms with van der Waals surface area (Å²) in [6.07, 6.45) is 1.37. The number of amides is 2. The van der Waals surface area contributed by atoms with E-state index >= 15 is 0 Å². The van der Waals surface area contributed by atoms with Crippen LogP contribution in [0.1, 0.15) is 30.0 Å². The molecule has 0 atom stereocenters. The Morgan fingerprint density at radius 3 is 2.77 bits per heavy atom. The molecule has 5 nitrogen and oxygen atoms in total. The van der Waals surface area contributed by atoms with Crippen LogP contribution in [0.3, 0.4) is 0 Å². The van der Waals surface area contributed by atoms with Crippen molar-refractivity contribution in [1.82, 2.24) is 4.90 Å². The third-order valence-corrected chi connectivity index (χ3v) is 4.52. The molecule has 0 saturated heterocycles. The van der Waals surface area contributed by atoms with Gasteiger partial charge >= 0.3 is 0 Å². The molecule has 0 bridgehead atoms. The lowest BCUT2D eigenvalue weighted by Crippen LogP contribution is -2.35. The van der Waals surface area contributed by atoms with E-state index in [9.17, 15) is 9.59 Å². The zero-order valence-corrected chi connectivity index (χ0v) is 15.2. The molecule has 26 heavy (non-hydrogen) atoms. The molecule has 2 aromatic carbocycles. The predicted molar refractivity (Wildman–Crippen MR) is 101 cm³/mol. The summed E-state index contributed by atoms with van der Waals surface area (Å²) in [5, 5.41) is 2.87. The molecule has 1 N–H and O–H groups in total. The van der Waals surface area contributed by atoms with E-state index in [0.29, 0.717) is 18.7 Å². The first-order valence-electron chi connectivity index (χ1n) is 8.94. The van der Waals surface area contributed by atoms with Gasteiger partial charge in [-0.3, -0.25) is 9.59 Å². The van der Waals surface area contributed by atoms with Gasteiger partial charge < -0.3 is 15.0 Å². The van der Waals surface area contributed by atoms with E-state index in [4.69, 9.17) is 4.74 Å². The molecule has 0 spiro atoms. The first kappa shape index (κ1) is 18.0. The van der Waals surface area contributed by atoms with Gasteiger partial charge in [-0.15, -0.1) is 0 Å². The summed E-state index contributed by atoms with van der Waals surface area (Å²) in [6, 6.07) is 13.5. The summed E-state index contributed by atoms with van der Waals surface area (Å²) in [6.45, 7) is 5.18. The van der Waals surface area contributed by atoms with Gasteiger partial charge in [0.15, 0.2) is 6.61 Å². The summed E-state index contributed by atoms with van der Waals surface area (Å²) in [4.78, 5) is 25.9. The van der Waals surface area contributed by atoms with Crippen molar-refractivity contribution in [2.24, 2.45) is 0 Å². The van der Waals surface area contributed by atoms with Crippen LogP contribution in [0.5, 0.6) is 5.75 Å². The van der Waals surface area contributed by atoms with E-state index in [0.717, 1.165) is 29.8 Å². The van der Waals surface area contributed by atoms with Gasteiger partial charge in [-0.1, -0.05) is 25.1 Å². The second-order valence-electron chi connectivity index (χ2n) is 6.56. The Morgan fingerprint density at radius 1 is 1.15 bits per heavy atom. The molecule has 1 heterocycles. The summed E-state index contributed by atoms with van der Waals surface area (Å²) >= 11 is 0. The summed E-state index contributed by atoms with van der Waals surface area (Å²) in [7, 11) is 0. The second kappa shape index (κ2) is 8.04. The zero-order chi connectivity index (χ0) is 18.5. The smallest absolute Gasteiger partial charge is 0.262 e. The van der Waals surface area contributed by atoms with Gasteiger partial charge in [-0.05, 0) is 54.3 Å². The number of hydrogen-bond donors (Lipinski definition) is 1. The normalized spacial score (nSPS) is 13.1. The van der Waals surface area contributed by atoms with Crippen LogP contribution in [-0.2, 0) is 22.6 Å². The topological polar surface area (TPSA) is 58.6 Å². The van der Waals surface area contributed by atoms with Crippen molar-refractivity contribution in [1.29, 1.82) is 0 Å². The highest BCUT2D eigenvalue weighted by Crippen LogP contribution is 2.23. The number of aryl methyl sites for hydroxylation is 1. The first-order chi connectivity index (χ1) is 12.5. The van der Waals surface area contributed by atoms with Crippen LogP contribution in [0.2, 0.25) is 0 Å². The number of rotatable bonds is 5. The number of fused-ring (bicyclic) bond motifs is 1. The minimum absolute atomic E-state index is 0.0407. The van der Waals surface area contributed by atoms with Gasteiger partial charge in [-0.2, -0.15) is 0 Å². The maximum Gasteiger partial charge on any atom is 0.262 e. The van der Waals surface area contributed by atoms with Gasteiger partial charge in [0.25, 0.3) is 5.91 Å². The number of anilines is 1. The van der Waals surface area contributed by atoms with Crippen LogP contribution in [0, 0.1) is 6.92 Å². The Labute approximate surface area is 154 Å². The minimum atomic E-state index is -0.205. The quantitative estimate of drug-likeness (QED) is 0.898. The van der Waals surface area contributed by atoms with Crippen LogP contribution < -0.4 is 10.1 Å². The van der Waals surface area contributed by atoms with E-state index in [1.165, 1.54) is 5.56 Å². The molecule has 0 radical (unpaired) electrons. The van der Waals surface area contributed by atoms with Gasteiger partial charge in [0, 0.05) is 25.2 Å². The maximum atomic E-state index is 12.2. The van der Waals surface area contributed by atoms with Crippen molar-refractivity contribution in [3.05, 3.63) is 59.2 Å². The van der Waals surface area contributed by atoms with Crippen molar-refractivity contribution in [3.63, 3.8) is 0 Å². The third kappa shape index (κ3) is 4.42. The van der Waals surface area contributed by atoms with Crippen molar-refractivity contribution >= 4 is 17.5 Å². The molecule has 0 aliphatic carbocycles. The summed E-state index contributed by atoms with van der Waals surface area (Å²) in [5.41, 5.74) is 4.14. The molecule has 2 amide bonds. The third-order valence-electron chi connectivity index (χ3n) is 4.52. The highest BCUT2D eigenvalue weighted by Gasteiger charge is 2.19. The van der Waals surface area contributed by atoms with Crippen molar-refractivity contribution in [2.75, 3.05) is 18.5 Å². The fraction of sp³-hybridized carbons (Fsp3) is 0.333. The Balaban J connectivity index is 1.60. The molecule has 136 valence electrons. The molecule has 0 saturated carbocycles. The van der Waals surface area contributed by atoms with Crippen LogP contribution in [0.4, 0.5) is 5.69 Å². The number of nitrogens with zero attached hydrogens (tertiary/aromatic N) is 1. The van der Waals surface area contributed by atoms with Crippen LogP contribution in [-0.4, -0.2) is 29.9 Å². The number of nitrogens with one attached hydrogen (secondary N) is 1. The molecule has 0 aromatic heterocycles. The Morgan fingerprint density at radius 2 is 2.00 bits per heavy atom. The van der Waals surface area contributed by atoms with E-state index in [1.54, 1.807) is 0 Å². The number of carbonyl (C=O) groups is 2. The fourth-order valence-electron chi connectivity index (χ4n) is 3.12. The van der Waals surface area contributed by atoms with Crippen molar-refractivity contribution in [3.8, 4) is 5.75 Å². The fourth-order valence-corrected chi connectivity index (χ4v) is 3.12. The average Bonchev–Trinajstić information content (AvgIpc) is 2.65. The second-order valence-corrected chi connectivity index (χ2v) is 6.56. The first-order valence-corrected chi connectivity index (χ1v) is 8.94. The lowest BCUT2D eigenvalue weighted by molar-refractivity contribution is -0.131. The summed E-state index contributed by atoms with van der Waals surface area (Å²) in [5.74, 6) is 0.639. The predicted octanol–water partition coefficient (Wildman–Crippen LogP) is 3.31. The summed E-state index contributed by atoms with van der Waals surface area (Å²) < 4.78 is 5.53. The molecular weight excluding hydrogens is 328 g/mol. The number of benzene rings is 2. The van der Waals surface area contributed by atoms with E-state index in [2.05, 4.69) is 5.32 Å². The maximum absolute atomic E-state index is 12.2. The molecule has 1 aliphatic heterocycles. The molecule has 3 rings (SSSR count). The monoisotopic (exact) mass is 352 g/mol. The highest BCUT2D eigenvalue weighted by molar-refractivity contribution is 5.92. The Bertz CT molecular complexity index is 817. The average molecular weight is 352 g/mol. The molecule has 0 unspecified atom stereocenters. The zero-order valence-electron chi connectivity index (χ0n) is 15.2. The van der Waals surface area contributed by atoms with E-state index in [-0.39, 0.29) is 18.4 Å². The van der Waals surface area contributed by atoms with Crippen molar-refractivity contribution < 1.29 is 14.3 Å². The van der Waals surface area contributed by atoms with Crippen LogP contribution in [0.25, 0.3) is 0 Å². The van der Waals surface area contributed by atoms with Crippen LogP contribution in [0.15, 0.2) is 42.5 Å². The molecule has 5 heteroatoms. The lowest BCUT2D eigenvalue weighted by atomic mass is 9.99. The largest absolute Gasteiger partial charge is 0.484 e. The van der Waals surface area contributed by atoms with Crippen molar-refractivity contribution in [2.45, 2.75) is 33.2 Å². The molecule has 1 aliphatic rings. The molecular formula is C21H24N2O3. The number of carbonyl (C=O) groups excluding carboxylic acids is 2. The van der Waals surface area contributed by atoms with Gasteiger partial charge in [0.2, 0.25) is 5.91 Å². The van der Waals surface area contributed by atoms with Gasteiger partial charge in [0.1, 0.15) is 5.75 Å². The van der Waals surface area contributed by atoms with Gasteiger partial charge in [-0.25, -0.2) is 0 Å². The molecule has 2 aromatic rings. The SMILES string of the molecule is CCC(=O)N1CCc2ccc(NC(=O)COc3cccc(C)c3)cc2C1. The molecule has 0 fully saturated rings. The van der Waals surface area contributed by atoms with E-state index < -0.39 is 0 Å². The Hall–Kier alpha value is -2.82. The number of hydrogen-bond acceptors (Lipinski definition) is 3. The van der Waals surface area contributed by atoms with E-state index in [1.807, 2.05) is 61.2 Å². The van der Waals surface area contributed by atoms with Gasteiger partial charge in [0.05, 0.1) is 0 Å².